The SMILES string of the molecule is CCNC(=NCc1nc(-c2ccco2)n[nH]1)N1CCN(CC(=O)NC(C)C)CC1. The maximum atomic E-state index is 12.0. The van der Waals surface area contributed by atoms with Gasteiger partial charge >= 0.3 is 0 Å². The van der Waals surface area contributed by atoms with Gasteiger partial charge in [-0.3, -0.25) is 14.8 Å². The summed E-state index contributed by atoms with van der Waals surface area (Å²) in [6.07, 6.45) is 1.60. The van der Waals surface area contributed by atoms with E-state index in [-0.39, 0.29) is 11.9 Å². The first-order valence-corrected chi connectivity index (χ1v) is 10.0. The van der Waals surface area contributed by atoms with Crippen LogP contribution in [-0.4, -0.2) is 82.2 Å². The van der Waals surface area contributed by atoms with Crippen molar-refractivity contribution < 1.29 is 9.21 Å². The van der Waals surface area contributed by atoms with E-state index in [4.69, 9.17) is 9.41 Å². The molecule has 0 bridgehead atoms. The van der Waals surface area contributed by atoms with Crippen molar-refractivity contribution in [2.75, 3.05) is 39.3 Å². The summed E-state index contributed by atoms with van der Waals surface area (Å²) in [6.45, 7) is 10.9. The molecule has 29 heavy (non-hydrogen) atoms. The van der Waals surface area contributed by atoms with Crippen LogP contribution in [0.15, 0.2) is 27.8 Å². The molecule has 1 aliphatic heterocycles. The molecule has 1 fully saturated rings. The number of H-pyrrole nitrogens is 1. The molecule has 3 heterocycles. The van der Waals surface area contributed by atoms with Gasteiger partial charge in [0.15, 0.2) is 11.7 Å². The molecule has 3 N–H and O–H groups in total. The maximum absolute atomic E-state index is 12.0. The highest BCUT2D eigenvalue weighted by molar-refractivity contribution is 5.80. The normalized spacial score (nSPS) is 15.7. The van der Waals surface area contributed by atoms with E-state index in [1.807, 2.05) is 26.8 Å². The second-order valence-electron chi connectivity index (χ2n) is 7.24. The zero-order valence-corrected chi connectivity index (χ0v) is 17.3. The lowest BCUT2D eigenvalue weighted by Crippen LogP contribution is -2.54. The molecule has 0 aliphatic carbocycles. The highest BCUT2D eigenvalue weighted by Gasteiger charge is 2.21. The van der Waals surface area contributed by atoms with Crippen molar-refractivity contribution >= 4 is 11.9 Å². The Labute approximate surface area is 170 Å². The third-order valence-electron chi connectivity index (χ3n) is 4.48. The highest BCUT2D eigenvalue weighted by atomic mass is 16.3. The van der Waals surface area contributed by atoms with Gasteiger partial charge in [0, 0.05) is 38.8 Å². The topological polar surface area (TPSA) is 115 Å². The van der Waals surface area contributed by atoms with Gasteiger partial charge in [0.2, 0.25) is 11.7 Å². The van der Waals surface area contributed by atoms with Crippen molar-refractivity contribution in [1.29, 1.82) is 0 Å². The quantitative estimate of drug-likeness (QED) is 0.461. The van der Waals surface area contributed by atoms with Gasteiger partial charge in [-0.1, -0.05) is 0 Å². The number of carbonyl (C=O) groups excluding carboxylic acids is 1. The molecular weight excluding hydrogens is 372 g/mol. The number of carbonyl (C=O) groups is 1. The van der Waals surface area contributed by atoms with Gasteiger partial charge in [0.05, 0.1) is 12.8 Å². The Balaban J connectivity index is 1.54. The number of hydrogen-bond acceptors (Lipinski definition) is 6. The van der Waals surface area contributed by atoms with Crippen LogP contribution in [0, 0.1) is 0 Å². The Hall–Kier alpha value is -2.88. The number of nitrogens with one attached hydrogen (secondary N) is 3. The van der Waals surface area contributed by atoms with Gasteiger partial charge in [0.1, 0.15) is 12.4 Å². The first-order valence-electron chi connectivity index (χ1n) is 10.0. The monoisotopic (exact) mass is 402 g/mol. The number of furan rings is 1. The van der Waals surface area contributed by atoms with Gasteiger partial charge in [-0.25, -0.2) is 9.98 Å². The average molecular weight is 403 g/mol. The van der Waals surface area contributed by atoms with E-state index in [1.165, 1.54) is 0 Å². The van der Waals surface area contributed by atoms with Crippen molar-refractivity contribution in [2.45, 2.75) is 33.4 Å². The summed E-state index contributed by atoms with van der Waals surface area (Å²) in [5, 5.41) is 13.4. The van der Waals surface area contributed by atoms with Gasteiger partial charge < -0.3 is 20.0 Å². The largest absolute Gasteiger partial charge is 0.461 e. The molecule has 3 rings (SSSR count). The Morgan fingerprint density at radius 2 is 2.14 bits per heavy atom. The number of nitrogens with zero attached hydrogens (tertiary/aromatic N) is 5. The lowest BCUT2D eigenvalue weighted by atomic mass is 10.3. The van der Waals surface area contributed by atoms with Crippen LogP contribution >= 0.6 is 0 Å². The molecule has 1 saturated heterocycles. The second-order valence-corrected chi connectivity index (χ2v) is 7.24. The Kier molecular flexibility index (Phi) is 7.23. The predicted octanol–water partition coefficient (Wildman–Crippen LogP) is 0.672. The zero-order valence-electron chi connectivity index (χ0n) is 17.3. The minimum atomic E-state index is 0.0757. The van der Waals surface area contributed by atoms with Gasteiger partial charge in [0.25, 0.3) is 0 Å². The standard InChI is InChI=1S/C19H30N8O2/c1-4-20-19(21-12-16-23-18(25-24-16)15-6-5-11-29-15)27-9-7-26(8-10-27)13-17(28)22-14(2)3/h5-6,11,14H,4,7-10,12-13H2,1-3H3,(H,20,21)(H,22,28)(H,23,24,25). The number of hydrogen-bond donors (Lipinski definition) is 3. The summed E-state index contributed by atoms with van der Waals surface area (Å²) >= 11 is 0. The summed E-state index contributed by atoms with van der Waals surface area (Å²) in [4.78, 5) is 25.5. The minimum Gasteiger partial charge on any atom is -0.461 e. The molecule has 0 radical (unpaired) electrons. The molecule has 1 aliphatic rings. The second kappa shape index (κ2) is 10.1. The van der Waals surface area contributed by atoms with Crippen molar-refractivity contribution in [2.24, 2.45) is 4.99 Å². The summed E-state index contributed by atoms with van der Waals surface area (Å²) in [5.41, 5.74) is 0. The number of aromatic amines is 1. The van der Waals surface area contributed by atoms with Crippen LogP contribution < -0.4 is 10.6 Å². The summed E-state index contributed by atoms with van der Waals surface area (Å²) < 4.78 is 5.32. The summed E-state index contributed by atoms with van der Waals surface area (Å²) in [6, 6.07) is 3.79. The number of aliphatic imine (C=N–C) groups is 1. The van der Waals surface area contributed by atoms with Gasteiger partial charge in [-0.15, -0.1) is 5.10 Å². The van der Waals surface area contributed by atoms with E-state index < -0.39 is 0 Å². The van der Waals surface area contributed by atoms with Crippen molar-refractivity contribution in [3.8, 4) is 11.6 Å². The highest BCUT2D eigenvalue weighted by Crippen LogP contribution is 2.14. The van der Waals surface area contributed by atoms with Crippen molar-refractivity contribution in [3.63, 3.8) is 0 Å². The average Bonchev–Trinajstić information content (AvgIpc) is 3.37. The Morgan fingerprint density at radius 1 is 1.34 bits per heavy atom. The molecule has 2 aromatic rings. The van der Waals surface area contributed by atoms with Crippen LogP contribution in [0.5, 0.6) is 0 Å². The van der Waals surface area contributed by atoms with E-state index >= 15 is 0 Å². The fourth-order valence-electron chi connectivity index (χ4n) is 3.15. The van der Waals surface area contributed by atoms with Crippen LogP contribution in [0.1, 0.15) is 26.6 Å². The van der Waals surface area contributed by atoms with Crippen LogP contribution in [0.2, 0.25) is 0 Å². The molecule has 158 valence electrons. The first kappa shape index (κ1) is 20.8. The smallest absolute Gasteiger partial charge is 0.234 e. The summed E-state index contributed by atoms with van der Waals surface area (Å²) in [7, 11) is 0. The van der Waals surface area contributed by atoms with E-state index in [1.54, 1.807) is 12.3 Å². The van der Waals surface area contributed by atoms with Gasteiger partial charge in [-0.05, 0) is 32.9 Å². The van der Waals surface area contributed by atoms with Gasteiger partial charge in [-0.2, -0.15) is 0 Å². The number of piperazine rings is 1. The number of guanidine groups is 1. The van der Waals surface area contributed by atoms with Crippen LogP contribution in [-0.2, 0) is 11.3 Å². The predicted molar refractivity (Wildman–Crippen MR) is 110 cm³/mol. The Bertz CT molecular complexity index is 791. The minimum absolute atomic E-state index is 0.0757. The molecule has 10 heteroatoms. The lowest BCUT2D eigenvalue weighted by Gasteiger charge is -2.36. The molecule has 0 spiro atoms. The molecule has 1 amide bonds. The molecular formula is C19H30N8O2. The number of aromatic nitrogens is 3. The van der Waals surface area contributed by atoms with Crippen LogP contribution in [0.3, 0.4) is 0 Å². The first-order chi connectivity index (χ1) is 14.0. The van der Waals surface area contributed by atoms with E-state index in [9.17, 15) is 4.79 Å². The molecule has 2 aromatic heterocycles. The van der Waals surface area contributed by atoms with Crippen LogP contribution in [0.25, 0.3) is 11.6 Å². The van der Waals surface area contributed by atoms with E-state index in [0.717, 1.165) is 38.7 Å². The fraction of sp³-hybridized carbons (Fsp3) is 0.579. The lowest BCUT2D eigenvalue weighted by molar-refractivity contribution is -0.123. The number of rotatable bonds is 7. The molecule has 10 nitrogen and oxygen atoms in total. The molecule has 0 unspecified atom stereocenters. The molecule has 0 aromatic carbocycles. The third-order valence-corrected chi connectivity index (χ3v) is 4.48. The van der Waals surface area contributed by atoms with E-state index in [2.05, 4.69) is 35.6 Å². The maximum Gasteiger partial charge on any atom is 0.234 e. The van der Waals surface area contributed by atoms with Crippen molar-refractivity contribution in [1.82, 2.24) is 35.6 Å². The summed E-state index contributed by atoms with van der Waals surface area (Å²) in [5.74, 6) is 2.75. The zero-order chi connectivity index (χ0) is 20.6. The fourth-order valence-corrected chi connectivity index (χ4v) is 3.15. The van der Waals surface area contributed by atoms with Crippen LogP contribution in [0.4, 0.5) is 0 Å². The van der Waals surface area contributed by atoms with E-state index in [0.29, 0.717) is 30.5 Å². The molecule has 0 saturated carbocycles. The molecule has 0 atom stereocenters. The third kappa shape index (κ3) is 6.05. The number of amides is 1. The Morgan fingerprint density at radius 3 is 2.79 bits per heavy atom. The van der Waals surface area contributed by atoms with Crippen molar-refractivity contribution in [3.05, 3.63) is 24.2 Å².